The molecule has 1 aromatic carbocycles. The van der Waals surface area contributed by atoms with Crippen LogP contribution in [0.25, 0.3) is 0 Å². The maximum absolute atomic E-state index is 9.28. The molecule has 0 spiro atoms. The third kappa shape index (κ3) is 1.82. The van der Waals surface area contributed by atoms with E-state index < -0.39 is 0 Å². The summed E-state index contributed by atoms with van der Waals surface area (Å²) in [5.74, 6) is 1.22. The van der Waals surface area contributed by atoms with Crippen molar-refractivity contribution in [2.45, 2.75) is 25.4 Å². The second kappa shape index (κ2) is 3.88. The summed E-state index contributed by atoms with van der Waals surface area (Å²) in [6.07, 6.45) is 3.12. The predicted molar refractivity (Wildman–Crippen MR) is 54.5 cm³/mol. The van der Waals surface area contributed by atoms with Crippen LogP contribution in [0.1, 0.15) is 18.4 Å². The highest BCUT2D eigenvalue weighted by molar-refractivity contribution is 5.42. The Morgan fingerprint density at radius 2 is 2.36 bits per heavy atom. The van der Waals surface area contributed by atoms with E-state index in [1.165, 1.54) is 0 Å². The first-order valence-electron chi connectivity index (χ1n) is 4.98. The molecule has 0 aromatic heterocycles. The third-order valence-corrected chi connectivity index (χ3v) is 2.52. The van der Waals surface area contributed by atoms with Crippen molar-refractivity contribution in [3.8, 4) is 11.5 Å². The van der Waals surface area contributed by atoms with E-state index in [0.717, 1.165) is 30.6 Å². The van der Waals surface area contributed by atoms with E-state index >= 15 is 0 Å². The van der Waals surface area contributed by atoms with Crippen molar-refractivity contribution >= 4 is 0 Å². The number of hydrogen-bond acceptors (Lipinski definition) is 3. The molecule has 0 aliphatic carbocycles. The van der Waals surface area contributed by atoms with Gasteiger partial charge in [0.2, 0.25) is 0 Å². The fraction of sp³-hybridized carbons (Fsp3) is 0.455. The van der Waals surface area contributed by atoms with E-state index in [9.17, 15) is 5.11 Å². The Morgan fingerprint density at radius 1 is 1.50 bits per heavy atom. The average molecular weight is 193 g/mol. The molecular weight excluding hydrogens is 178 g/mol. The molecule has 14 heavy (non-hydrogen) atoms. The van der Waals surface area contributed by atoms with Gasteiger partial charge in [-0.05, 0) is 37.6 Å². The minimum Gasteiger partial charge on any atom is -0.508 e. The summed E-state index contributed by atoms with van der Waals surface area (Å²) in [5, 5.41) is 9.28. The van der Waals surface area contributed by atoms with Crippen molar-refractivity contribution in [3.63, 3.8) is 0 Å². The quantitative estimate of drug-likeness (QED) is 0.763. The van der Waals surface area contributed by atoms with Crippen LogP contribution >= 0.6 is 0 Å². The molecule has 3 heteroatoms. The molecule has 1 aliphatic heterocycles. The first-order valence-corrected chi connectivity index (χ1v) is 4.98. The van der Waals surface area contributed by atoms with Gasteiger partial charge in [0.05, 0.1) is 0 Å². The van der Waals surface area contributed by atoms with Crippen molar-refractivity contribution in [3.05, 3.63) is 23.8 Å². The molecule has 3 N–H and O–H groups in total. The number of phenolic OH excluding ortho intramolecular Hbond substituents is 1. The van der Waals surface area contributed by atoms with Gasteiger partial charge in [-0.15, -0.1) is 0 Å². The summed E-state index contributed by atoms with van der Waals surface area (Å²) >= 11 is 0. The van der Waals surface area contributed by atoms with Gasteiger partial charge in [-0.3, -0.25) is 0 Å². The normalized spacial score (nSPS) is 19.1. The van der Waals surface area contributed by atoms with Gasteiger partial charge in [-0.1, -0.05) is 0 Å². The smallest absolute Gasteiger partial charge is 0.123 e. The fourth-order valence-corrected chi connectivity index (χ4v) is 1.81. The average Bonchev–Trinajstić information content (AvgIpc) is 2.56. The monoisotopic (exact) mass is 193 g/mol. The molecule has 1 heterocycles. The zero-order chi connectivity index (χ0) is 9.97. The van der Waals surface area contributed by atoms with Gasteiger partial charge in [0.1, 0.15) is 17.6 Å². The van der Waals surface area contributed by atoms with E-state index in [1.807, 2.05) is 6.07 Å². The molecule has 3 nitrogen and oxygen atoms in total. The molecule has 1 aromatic rings. The van der Waals surface area contributed by atoms with Crippen LogP contribution in [0.15, 0.2) is 18.2 Å². The minimum atomic E-state index is 0.246. The molecule has 1 atom stereocenters. The van der Waals surface area contributed by atoms with Crippen LogP contribution in [0.5, 0.6) is 11.5 Å². The topological polar surface area (TPSA) is 55.5 Å². The Kier molecular flexibility index (Phi) is 2.59. The summed E-state index contributed by atoms with van der Waals surface area (Å²) in [7, 11) is 0. The van der Waals surface area contributed by atoms with Gasteiger partial charge >= 0.3 is 0 Å². The molecule has 2 rings (SSSR count). The van der Waals surface area contributed by atoms with Crippen LogP contribution in [0.4, 0.5) is 0 Å². The largest absolute Gasteiger partial charge is 0.508 e. The van der Waals surface area contributed by atoms with Crippen LogP contribution < -0.4 is 10.5 Å². The minimum absolute atomic E-state index is 0.246. The number of benzene rings is 1. The Balaban J connectivity index is 2.03. The van der Waals surface area contributed by atoms with Gasteiger partial charge in [0.15, 0.2) is 0 Å². The Hall–Kier alpha value is -1.22. The van der Waals surface area contributed by atoms with Crippen molar-refractivity contribution in [1.29, 1.82) is 0 Å². The molecule has 0 bridgehead atoms. The number of aromatic hydroxyl groups is 1. The summed E-state index contributed by atoms with van der Waals surface area (Å²) in [6.45, 7) is 0.710. The second-order valence-electron chi connectivity index (χ2n) is 3.67. The molecule has 0 fully saturated rings. The highest BCUT2D eigenvalue weighted by atomic mass is 16.5. The van der Waals surface area contributed by atoms with Crippen LogP contribution in [-0.4, -0.2) is 17.8 Å². The van der Waals surface area contributed by atoms with E-state index in [0.29, 0.717) is 12.3 Å². The number of phenols is 1. The summed E-state index contributed by atoms with van der Waals surface area (Å²) in [6, 6.07) is 5.26. The molecule has 1 aliphatic rings. The molecule has 0 saturated carbocycles. The molecule has 76 valence electrons. The van der Waals surface area contributed by atoms with Crippen LogP contribution in [0, 0.1) is 0 Å². The second-order valence-corrected chi connectivity index (χ2v) is 3.67. The van der Waals surface area contributed by atoms with Crippen LogP contribution in [0.2, 0.25) is 0 Å². The predicted octanol–water partition coefficient (Wildman–Crippen LogP) is 1.43. The van der Waals surface area contributed by atoms with Gasteiger partial charge in [-0.25, -0.2) is 0 Å². The van der Waals surface area contributed by atoms with E-state index in [4.69, 9.17) is 10.5 Å². The molecule has 0 saturated heterocycles. The van der Waals surface area contributed by atoms with E-state index in [-0.39, 0.29) is 6.10 Å². The third-order valence-electron chi connectivity index (χ3n) is 2.52. The summed E-state index contributed by atoms with van der Waals surface area (Å²) in [4.78, 5) is 0. The Bertz CT molecular complexity index is 325. The number of ether oxygens (including phenoxy) is 1. The first kappa shape index (κ1) is 9.34. The first-order chi connectivity index (χ1) is 6.79. The number of hydrogen-bond donors (Lipinski definition) is 2. The highest BCUT2D eigenvalue weighted by Crippen LogP contribution is 2.32. The van der Waals surface area contributed by atoms with Gasteiger partial charge in [0, 0.05) is 12.0 Å². The number of fused-ring (bicyclic) bond motifs is 1. The Labute approximate surface area is 83.5 Å². The Morgan fingerprint density at radius 3 is 3.14 bits per heavy atom. The van der Waals surface area contributed by atoms with Crippen LogP contribution in [0.3, 0.4) is 0 Å². The maximum Gasteiger partial charge on any atom is 0.123 e. The van der Waals surface area contributed by atoms with Gasteiger partial charge in [-0.2, -0.15) is 0 Å². The summed E-state index contributed by atoms with van der Waals surface area (Å²) in [5.41, 5.74) is 6.54. The fourth-order valence-electron chi connectivity index (χ4n) is 1.81. The number of nitrogens with two attached hydrogens (primary N) is 1. The van der Waals surface area contributed by atoms with Crippen molar-refractivity contribution in [2.75, 3.05) is 6.54 Å². The van der Waals surface area contributed by atoms with Gasteiger partial charge < -0.3 is 15.6 Å². The number of rotatable bonds is 3. The molecular formula is C11H15NO2. The van der Waals surface area contributed by atoms with Crippen molar-refractivity contribution in [1.82, 2.24) is 0 Å². The lowest BCUT2D eigenvalue weighted by atomic mass is 10.1. The maximum atomic E-state index is 9.28. The summed E-state index contributed by atoms with van der Waals surface area (Å²) < 4.78 is 5.70. The molecule has 0 amide bonds. The molecule has 1 unspecified atom stereocenters. The molecule has 0 radical (unpaired) electrons. The van der Waals surface area contributed by atoms with Crippen molar-refractivity contribution in [2.24, 2.45) is 5.73 Å². The lowest BCUT2D eigenvalue weighted by Gasteiger charge is -2.08. The SMILES string of the molecule is NCCCC1Cc2cc(O)ccc2O1. The van der Waals surface area contributed by atoms with E-state index in [2.05, 4.69) is 0 Å². The highest BCUT2D eigenvalue weighted by Gasteiger charge is 2.22. The van der Waals surface area contributed by atoms with Crippen LogP contribution in [-0.2, 0) is 6.42 Å². The van der Waals surface area contributed by atoms with Crippen molar-refractivity contribution < 1.29 is 9.84 Å². The van der Waals surface area contributed by atoms with Gasteiger partial charge in [0.25, 0.3) is 0 Å². The standard InChI is InChI=1S/C11H15NO2/c12-5-1-2-10-7-8-6-9(13)3-4-11(8)14-10/h3-4,6,10,13H,1-2,5,7,12H2. The zero-order valence-corrected chi connectivity index (χ0v) is 8.07. The lowest BCUT2D eigenvalue weighted by molar-refractivity contribution is 0.219. The van der Waals surface area contributed by atoms with E-state index in [1.54, 1.807) is 12.1 Å². The lowest BCUT2D eigenvalue weighted by Crippen LogP contribution is -2.14. The zero-order valence-electron chi connectivity index (χ0n) is 8.07.